The molecular formula is C15H26N4O. The minimum absolute atomic E-state index is 0.166. The third-order valence-corrected chi connectivity index (χ3v) is 4.64. The van der Waals surface area contributed by atoms with Crippen molar-refractivity contribution >= 4 is 0 Å². The molecule has 0 amide bonds. The van der Waals surface area contributed by atoms with E-state index in [1.165, 1.54) is 43.5 Å². The van der Waals surface area contributed by atoms with Gasteiger partial charge in [-0.3, -0.25) is 4.68 Å². The number of hydrogen-bond donors (Lipinski definition) is 2. The number of rotatable bonds is 4. The summed E-state index contributed by atoms with van der Waals surface area (Å²) in [5.41, 5.74) is 2.69. The van der Waals surface area contributed by atoms with Crippen LogP contribution in [0.1, 0.15) is 43.0 Å². The lowest BCUT2D eigenvalue weighted by atomic mass is 9.91. The minimum atomic E-state index is 0.166. The second-order valence-corrected chi connectivity index (χ2v) is 6.21. The Bertz CT molecular complexity index is 445. The molecule has 5 heteroatoms. The molecule has 1 aromatic rings. The van der Waals surface area contributed by atoms with Gasteiger partial charge in [-0.25, -0.2) is 0 Å². The van der Waals surface area contributed by atoms with Crippen LogP contribution in [0.5, 0.6) is 0 Å². The molecule has 2 N–H and O–H groups in total. The van der Waals surface area contributed by atoms with Crippen LogP contribution in [0.4, 0.5) is 0 Å². The molecule has 0 radical (unpaired) electrons. The molecule has 20 heavy (non-hydrogen) atoms. The standard InChI is InChI=1S/C15H26N4O/c1-18-7-3-4-12(11-18)17-14-5-2-6-15-13(14)10-16-19(15)8-9-20/h10,12,14,17,20H,2-9,11H2,1H3. The molecule has 0 aromatic carbocycles. The minimum Gasteiger partial charge on any atom is -0.394 e. The number of likely N-dealkylation sites (N-methyl/N-ethyl adjacent to an activating group) is 1. The Hall–Kier alpha value is -0.910. The van der Waals surface area contributed by atoms with Gasteiger partial charge in [0.25, 0.3) is 0 Å². The van der Waals surface area contributed by atoms with Gasteiger partial charge in [0.15, 0.2) is 0 Å². The Balaban J connectivity index is 1.70. The van der Waals surface area contributed by atoms with Crippen molar-refractivity contribution in [1.29, 1.82) is 0 Å². The highest BCUT2D eigenvalue weighted by Gasteiger charge is 2.27. The average Bonchev–Trinajstić information content (AvgIpc) is 2.84. The zero-order valence-electron chi connectivity index (χ0n) is 12.4. The Kier molecular flexibility index (Phi) is 4.38. The van der Waals surface area contributed by atoms with Gasteiger partial charge in [0.05, 0.1) is 19.3 Å². The van der Waals surface area contributed by atoms with Gasteiger partial charge in [-0.15, -0.1) is 0 Å². The average molecular weight is 278 g/mol. The van der Waals surface area contributed by atoms with Gasteiger partial charge in [-0.1, -0.05) is 0 Å². The molecule has 1 fully saturated rings. The fourth-order valence-electron chi connectivity index (χ4n) is 3.67. The van der Waals surface area contributed by atoms with E-state index in [4.69, 9.17) is 5.11 Å². The van der Waals surface area contributed by atoms with E-state index < -0.39 is 0 Å². The van der Waals surface area contributed by atoms with Crippen LogP contribution in [0.25, 0.3) is 0 Å². The Morgan fingerprint density at radius 1 is 1.40 bits per heavy atom. The number of piperidine rings is 1. The van der Waals surface area contributed by atoms with Crippen molar-refractivity contribution in [3.8, 4) is 0 Å². The molecule has 0 bridgehead atoms. The molecule has 1 aliphatic heterocycles. The van der Waals surface area contributed by atoms with E-state index in [1.54, 1.807) is 0 Å². The molecule has 0 spiro atoms. The highest BCUT2D eigenvalue weighted by molar-refractivity contribution is 5.25. The summed E-state index contributed by atoms with van der Waals surface area (Å²) in [5.74, 6) is 0. The summed E-state index contributed by atoms with van der Waals surface area (Å²) in [5, 5.41) is 17.4. The first-order chi connectivity index (χ1) is 9.78. The van der Waals surface area contributed by atoms with Crippen molar-refractivity contribution in [2.75, 3.05) is 26.7 Å². The second-order valence-electron chi connectivity index (χ2n) is 6.21. The van der Waals surface area contributed by atoms with E-state index in [0.717, 1.165) is 13.0 Å². The third kappa shape index (κ3) is 2.90. The molecule has 5 nitrogen and oxygen atoms in total. The summed E-state index contributed by atoms with van der Waals surface area (Å²) in [7, 11) is 2.21. The molecule has 112 valence electrons. The van der Waals surface area contributed by atoms with Gasteiger partial charge < -0.3 is 15.3 Å². The lowest BCUT2D eigenvalue weighted by Crippen LogP contribution is -2.45. The maximum absolute atomic E-state index is 9.11. The van der Waals surface area contributed by atoms with Crippen LogP contribution in [0.15, 0.2) is 6.20 Å². The summed E-state index contributed by atoms with van der Waals surface area (Å²) in [6, 6.07) is 1.05. The topological polar surface area (TPSA) is 53.3 Å². The molecule has 0 saturated carbocycles. The van der Waals surface area contributed by atoms with Crippen LogP contribution in [0.3, 0.4) is 0 Å². The van der Waals surface area contributed by atoms with Crippen molar-refractivity contribution in [1.82, 2.24) is 20.0 Å². The molecule has 2 heterocycles. The van der Waals surface area contributed by atoms with Gasteiger partial charge in [-0.05, 0) is 45.7 Å². The summed E-state index contributed by atoms with van der Waals surface area (Å²) >= 11 is 0. The summed E-state index contributed by atoms with van der Waals surface area (Å²) in [6.45, 7) is 3.16. The first-order valence-electron chi connectivity index (χ1n) is 7.88. The molecule has 1 aromatic heterocycles. The van der Waals surface area contributed by atoms with Gasteiger partial charge >= 0.3 is 0 Å². The van der Waals surface area contributed by atoms with Crippen LogP contribution >= 0.6 is 0 Å². The highest BCUT2D eigenvalue weighted by atomic mass is 16.3. The quantitative estimate of drug-likeness (QED) is 0.860. The first-order valence-corrected chi connectivity index (χ1v) is 7.88. The summed E-state index contributed by atoms with van der Waals surface area (Å²) < 4.78 is 1.98. The fourth-order valence-corrected chi connectivity index (χ4v) is 3.67. The number of nitrogens with one attached hydrogen (secondary N) is 1. The van der Waals surface area contributed by atoms with Crippen molar-refractivity contribution < 1.29 is 5.11 Å². The van der Waals surface area contributed by atoms with Crippen molar-refractivity contribution in [3.63, 3.8) is 0 Å². The number of hydrogen-bond acceptors (Lipinski definition) is 4. The van der Waals surface area contributed by atoms with E-state index in [9.17, 15) is 0 Å². The van der Waals surface area contributed by atoms with E-state index in [0.29, 0.717) is 18.6 Å². The Morgan fingerprint density at radius 3 is 3.10 bits per heavy atom. The smallest absolute Gasteiger partial charge is 0.0644 e. The van der Waals surface area contributed by atoms with Crippen LogP contribution < -0.4 is 5.32 Å². The largest absolute Gasteiger partial charge is 0.394 e. The van der Waals surface area contributed by atoms with Gasteiger partial charge in [0, 0.05) is 29.9 Å². The van der Waals surface area contributed by atoms with E-state index in [1.807, 2.05) is 10.9 Å². The van der Waals surface area contributed by atoms with Gasteiger partial charge in [0.1, 0.15) is 0 Å². The number of fused-ring (bicyclic) bond motifs is 1. The monoisotopic (exact) mass is 278 g/mol. The lowest BCUT2D eigenvalue weighted by molar-refractivity contribution is 0.211. The number of aromatic nitrogens is 2. The zero-order chi connectivity index (χ0) is 13.9. The molecular weight excluding hydrogens is 252 g/mol. The second kappa shape index (κ2) is 6.24. The Labute approximate surface area is 121 Å². The van der Waals surface area contributed by atoms with Crippen LogP contribution in [-0.4, -0.2) is 52.6 Å². The zero-order valence-corrected chi connectivity index (χ0v) is 12.4. The lowest BCUT2D eigenvalue weighted by Gasteiger charge is -2.34. The van der Waals surface area contributed by atoms with Gasteiger partial charge in [-0.2, -0.15) is 5.10 Å². The normalized spacial score (nSPS) is 27.5. The molecule has 2 atom stereocenters. The maximum Gasteiger partial charge on any atom is 0.0644 e. The SMILES string of the molecule is CN1CCCC(NC2CCCc3c2cnn3CCO)C1. The van der Waals surface area contributed by atoms with E-state index >= 15 is 0 Å². The Morgan fingerprint density at radius 2 is 2.30 bits per heavy atom. The van der Waals surface area contributed by atoms with Crippen LogP contribution in [-0.2, 0) is 13.0 Å². The van der Waals surface area contributed by atoms with Crippen molar-refractivity contribution in [3.05, 3.63) is 17.5 Å². The van der Waals surface area contributed by atoms with E-state index in [-0.39, 0.29) is 6.61 Å². The number of aliphatic hydroxyl groups is 1. The van der Waals surface area contributed by atoms with Crippen molar-refractivity contribution in [2.45, 2.75) is 50.7 Å². The first kappa shape index (κ1) is 14.0. The van der Waals surface area contributed by atoms with Crippen LogP contribution in [0, 0.1) is 0 Å². The predicted octanol–water partition coefficient (Wildman–Crippen LogP) is 0.937. The maximum atomic E-state index is 9.11. The van der Waals surface area contributed by atoms with Gasteiger partial charge in [0.2, 0.25) is 0 Å². The number of aliphatic hydroxyl groups excluding tert-OH is 1. The summed E-state index contributed by atoms with van der Waals surface area (Å²) in [6.07, 6.45) is 8.09. The molecule has 1 aliphatic carbocycles. The molecule has 1 saturated heterocycles. The molecule has 2 unspecified atom stereocenters. The third-order valence-electron chi connectivity index (χ3n) is 4.64. The molecule has 3 rings (SSSR count). The highest BCUT2D eigenvalue weighted by Crippen LogP contribution is 2.30. The number of likely N-dealkylation sites (tertiary alicyclic amines) is 1. The molecule has 2 aliphatic rings. The van der Waals surface area contributed by atoms with Crippen molar-refractivity contribution in [2.24, 2.45) is 0 Å². The summed E-state index contributed by atoms with van der Waals surface area (Å²) in [4.78, 5) is 2.42. The fraction of sp³-hybridized carbons (Fsp3) is 0.800. The van der Waals surface area contributed by atoms with Crippen LogP contribution in [0.2, 0.25) is 0 Å². The number of nitrogens with zero attached hydrogens (tertiary/aromatic N) is 3. The van der Waals surface area contributed by atoms with E-state index in [2.05, 4.69) is 22.4 Å². The predicted molar refractivity (Wildman–Crippen MR) is 78.6 cm³/mol.